The minimum atomic E-state index is -0.952. The SMILES string of the molecule is CC(C)c1cc(C(=O)N2Cc3ccc(Br)cc3C2)c(OC(=O)c2ncn3c(=O)[nH]nnc23)cc1O. The molecule has 0 bridgehead atoms. The number of aromatic nitrogens is 5. The van der Waals surface area contributed by atoms with Crippen LogP contribution in [0.2, 0.25) is 0 Å². The van der Waals surface area contributed by atoms with E-state index >= 15 is 0 Å². The number of aromatic amines is 1. The Balaban J connectivity index is 1.52. The number of halogens is 1. The predicted molar refractivity (Wildman–Crippen MR) is 126 cm³/mol. The highest BCUT2D eigenvalue weighted by atomic mass is 79.9. The lowest BCUT2D eigenvalue weighted by Gasteiger charge is -2.20. The summed E-state index contributed by atoms with van der Waals surface area (Å²) in [5.74, 6) is -1.63. The third kappa shape index (κ3) is 4.05. The van der Waals surface area contributed by atoms with Crippen molar-refractivity contribution in [1.29, 1.82) is 0 Å². The van der Waals surface area contributed by atoms with Crippen LogP contribution < -0.4 is 10.4 Å². The molecule has 0 saturated carbocycles. The van der Waals surface area contributed by atoms with E-state index in [0.717, 1.165) is 26.3 Å². The highest BCUT2D eigenvalue weighted by molar-refractivity contribution is 9.10. The predicted octanol–water partition coefficient (Wildman–Crippen LogP) is 2.78. The number of nitrogens with one attached hydrogen (secondary N) is 1. The van der Waals surface area contributed by atoms with E-state index in [9.17, 15) is 19.5 Å². The number of nitrogens with zero attached hydrogens (tertiary/aromatic N) is 5. The molecule has 35 heavy (non-hydrogen) atoms. The summed E-state index contributed by atoms with van der Waals surface area (Å²) in [5.41, 5.74) is 1.72. The molecule has 0 fully saturated rings. The van der Waals surface area contributed by atoms with E-state index in [1.54, 1.807) is 11.0 Å². The Morgan fingerprint density at radius 1 is 1.17 bits per heavy atom. The average molecular weight is 539 g/mol. The van der Waals surface area contributed by atoms with Crippen LogP contribution in [0.25, 0.3) is 5.65 Å². The van der Waals surface area contributed by atoms with Gasteiger partial charge in [0.15, 0.2) is 11.3 Å². The molecule has 5 rings (SSSR count). The first-order valence-electron chi connectivity index (χ1n) is 10.7. The number of carbonyl (C=O) groups is 2. The molecule has 2 N–H and O–H groups in total. The first-order chi connectivity index (χ1) is 16.7. The molecule has 0 saturated heterocycles. The largest absolute Gasteiger partial charge is 0.508 e. The van der Waals surface area contributed by atoms with E-state index in [1.807, 2.05) is 32.0 Å². The minimum absolute atomic E-state index is 0.0860. The fourth-order valence-corrected chi connectivity index (χ4v) is 4.43. The molecule has 178 valence electrons. The van der Waals surface area contributed by atoms with Crippen molar-refractivity contribution in [2.75, 3.05) is 0 Å². The average Bonchev–Trinajstić information content (AvgIpc) is 3.43. The quantitative estimate of drug-likeness (QED) is 0.298. The van der Waals surface area contributed by atoms with Gasteiger partial charge in [0.2, 0.25) is 0 Å². The normalized spacial score (nSPS) is 12.9. The fourth-order valence-electron chi connectivity index (χ4n) is 4.02. The number of phenolic OH excluding ortho intramolecular Hbond substituents is 1. The Bertz CT molecular complexity index is 1560. The molecule has 11 nitrogen and oxygen atoms in total. The Hall–Kier alpha value is -4.06. The molecule has 0 spiro atoms. The maximum Gasteiger partial charge on any atom is 0.366 e. The Morgan fingerprint density at radius 3 is 2.71 bits per heavy atom. The van der Waals surface area contributed by atoms with Gasteiger partial charge in [0.1, 0.15) is 17.8 Å². The topological polar surface area (TPSA) is 143 Å². The van der Waals surface area contributed by atoms with E-state index in [4.69, 9.17) is 4.74 Å². The van der Waals surface area contributed by atoms with E-state index in [-0.39, 0.29) is 40.2 Å². The monoisotopic (exact) mass is 538 g/mol. The number of esters is 1. The zero-order valence-corrected chi connectivity index (χ0v) is 20.2. The van der Waals surface area contributed by atoms with Gasteiger partial charge in [-0.2, -0.15) is 0 Å². The van der Waals surface area contributed by atoms with Crippen LogP contribution in [0.1, 0.15) is 57.3 Å². The van der Waals surface area contributed by atoms with Gasteiger partial charge in [0, 0.05) is 23.6 Å². The van der Waals surface area contributed by atoms with E-state index < -0.39 is 11.7 Å². The molecule has 0 unspecified atom stereocenters. The molecule has 1 aliphatic rings. The van der Waals surface area contributed by atoms with Gasteiger partial charge in [0.25, 0.3) is 5.91 Å². The van der Waals surface area contributed by atoms with E-state index in [0.29, 0.717) is 18.7 Å². The molecule has 2 aromatic heterocycles. The summed E-state index contributed by atoms with van der Waals surface area (Å²) in [6, 6.07) is 8.63. The summed E-state index contributed by atoms with van der Waals surface area (Å²) in [7, 11) is 0. The number of H-pyrrole nitrogens is 1. The Labute approximate surface area is 206 Å². The van der Waals surface area contributed by atoms with Gasteiger partial charge in [-0.3, -0.25) is 4.79 Å². The van der Waals surface area contributed by atoms with Crippen LogP contribution in [0, 0.1) is 0 Å². The zero-order valence-electron chi connectivity index (χ0n) is 18.6. The van der Waals surface area contributed by atoms with Gasteiger partial charge >= 0.3 is 11.7 Å². The second kappa shape index (κ2) is 8.62. The summed E-state index contributed by atoms with van der Waals surface area (Å²) in [6.45, 7) is 4.55. The number of imidazole rings is 1. The molecular formula is C23H19BrN6O5. The van der Waals surface area contributed by atoms with E-state index in [1.165, 1.54) is 6.07 Å². The number of ether oxygens (including phenoxy) is 1. The van der Waals surface area contributed by atoms with Gasteiger partial charge in [0.05, 0.1) is 5.56 Å². The van der Waals surface area contributed by atoms with Crippen molar-refractivity contribution in [1.82, 2.24) is 29.7 Å². The van der Waals surface area contributed by atoms with Crippen LogP contribution in [0.3, 0.4) is 0 Å². The Morgan fingerprint density at radius 2 is 1.94 bits per heavy atom. The van der Waals surface area contributed by atoms with Crippen LogP contribution in [0.5, 0.6) is 11.5 Å². The van der Waals surface area contributed by atoms with Crippen LogP contribution >= 0.6 is 15.9 Å². The highest BCUT2D eigenvalue weighted by Crippen LogP contribution is 2.36. The Kier molecular flexibility index (Phi) is 5.59. The van der Waals surface area contributed by atoms with Gasteiger partial charge < -0.3 is 14.7 Å². The standard InChI is InChI=1S/C23H19BrN6O5/c1-11(2)15-6-16(21(32)29-8-12-3-4-14(24)5-13(12)9-29)18(7-17(15)31)35-22(33)19-20-26-28-27-23(34)30(20)10-25-19/h3-7,10-11,31H,8-9H2,1-2H3,(H,26,27,34). The van der Waals surface area contributed by atoms with Crippen LogP contribution in [0.15, 0.2) is 45.9 Å². The van der Waals surface area contributed by atoms with Gasteiger partial charge in [-0.05, 0) is 40.8 Å². The van der Waals surface area contributed by atoms with Crippen molar-refractivity contribution in [3.05, 3.63) is 79.6 Å². The molecule has 4 aromatic rings. The number of phenols is 1. The van der Waals surface area contributed by atoms with Crippen molar-refractivity contribution in [3.8, 4) is 11.5 Å². The molecule has 1 amide bonds. The lowest BCUT2D eigenvalue weighted by Crippen LogP contribution is -2.26. The summed E-state index contributed by atoms with van der Waals surface area (Å²) >= 11 is 3.45. The summed E-state index contributed by atoms with van der Waals surface area (Å²) in [6.07, 6.45) is 1.12. The lowest BCUT2D eigenvalue weighted by molar-refractivity contribution is 0.0710. The first kappa shape index (κ1) is 22.7. The van der Waals surface area contributed by atoms with Crippen molar-refractivity contribution in [3.63, 3.8) is 0 Å². The van der Waals surface area contributed by atoms with Crippen LogP contribution in [0.4, 0.5) is 0 Å². The van der Waals surface area contributed by atoms with Crippen molar-refractivity contribution in [2.24, 2.45) is 0 Å². The molecule has 1 aliphatic heterocycles. The number of fused-ring (bicyclic) bond motifs is 2. The third-order valence-electron chi connectivity index (χ3n) is 5.81. The number of carbonyl (C=O) groups excluding carboxylic acids is 2. The van der Waals surface area contributed by atoms with Crippen molar-refractivity contribution in [2.45, 2.75) is 32.9 Å². The smallest absolute Gasteiger partial charge is 0.366 e. The van der Waals surface area contributed by atoms with Crippen molar-refractivity contribution < 1.29 is 19.4 Å². The summed E-state index contributed by atoms with van der Waals surface area (Å²) in [5, 5.41) is 19.9. The van der Waals surface area contributed by atoms with Crippen molar-refractivity contribution >= 4 is 33.5 Å². The van der Waals surface area contributed by atoms with Gasteiger partial charge in [-0.25, -0.2) is 24.1 Å². The van der Waals surface area contributed by atoms with Crippen LogP contribution in [-0.4, -0.2) is 46.7 Å². The molecule has 2 aromatic carbocycles. The lowest BCUT2D eigenvalue weighted by atomic mass is 9.98. The van der Waals surface area contributed by atoms with Crippen LogP contribution in [-0.2, 0) is 13.1 Å². The molecule has 0 atom stereocenters. The number of hydrogen-bond acceptors (Lipinski definition) is 8. The third-order valence-corrected chi connectivity index (χ3v) is 6.30. The summed E-state index contributed by atoms with van der Waals surface area (Å²) < 4.78 is 7.45. The number of aromatic hydroxyl groups is 1. The van der Waals surface area contributed by atoms with Gasteiger partial charge in [-0.1, -0.05) is 41.1 Å². The number of rotatable bonds is 4. The molecule has 12 heteroatoms. The fraction of sp³-hybridized carbons (Fsp3) is 0.217. The summed E-state index contributed by atoms with van der Waals surface area (Å²) in [4.78, 5) is 43.9. The maximum absolute atomic E-state index is 13.6. The zero-order chi connectivity index (χ0) is 24.9. The minimum Gasteiger partial charge on any atom is -0.508 e. The number of amides is 1. The molecule has 0 aliphatic carbocycles. The molecular weight excluding hydrogens is 520 g/mol. The van der Waals surface area contributed by atoms with E-state index in [2.05, 4.69) is 36.3 Å². The number of hydrogen-bond donors (Lipinski definition) is 2. The van der Waals surface area contributed by atoms with Gasteiger partial charge in [-0.15, -0.1) is 5.10 Å². The molecule has 3 heterocycles. The first-order valence-corrected chi connectivity index (χ1v) is 11.5. The number of benzene rings is 2. The molecule has 0 radical (unpaired) electrons. The maximum atomic E-state index is 13.6. The second-order valence-electron chi connectivity index (χ2n) is 8.43. The highest BCUT2D eigenvalue weighted by Gasteiger charge is 2.29. The second-order valence-corrected chi connectivity index (χ2v) is 9.35.